The van der Waals surface area contributed by atoms with E-state index in [-0.39, 0.29) is 11.4 Å². The van der Waals surface area contributed by atoms with Gasteiger partial charge < -0.3 is 11.1 Å². The lowest BCUT2D eigenvalue weighted by molar-refractivity contribution is -0.113. The number of rotatable bonds is 3. The minimum atomic E-state index is -1.21. The van der Waals surface area contributed by atoms with Crippen LogP contribution >= 0.6 is 0 Å². The number of nitrogens with one attached hydrogen (secondary N) is 1. The predicted octanol–water partition coefficient (Wildman–Crippen LogP) is 0.725. The normalized spacial score (nSPS) is 12.1. The van der Waals surface area contributed by atoms with Crippen molar-refractivity contribution in [3.63, 3.8) is 0 Å². The minimum absolute atomic E-state index is 0.100. The summed E-state index contributed by atoms with van der Waals surface area (Å²) in [5, 5.41) is 2.45. The molecule has 15 heavy (non-hydrogen) atoms. The molecule has 1 amide bonds. The fourth-order valence-corrected chi connectivity index (χ4v) is 1.46. The van der Waals surface area contributed by atoms with Crippen molar-refractivity contribution in [1.29, 1.82) is 0 Å². The predicted molar refractivity (Wildman–Crippen MR) is 58.4 cm³/mol. The van der Waals surface area contributed by atoms with Crippen LogP contribution in [-0.4, -0.2) is 22.1 Å². The molecule has 0 saturated heterocycles. The summed E-state index contributed by atoms with van der Waals surface area (Å²) < 4.78 is 23.4. The Morgan fingerprint density at radius 2 is 2.27 bits per heavy atom. The van der Waals surface area contributed by atoms with E-state index in [0.717, 1.165) is 6.07 Å². The third-order valence-corrected chi connectivity index (χ3v) is 2.29. The molecule has 0 fully saturated rings. The van der Waals surface area contributed by atoms with Crippen molar-refractivity contribution in [3.05, 3.63) is 24.0 Å². The van der Waals surface area contributed by atoms with Gasteiger partial charge in [-0.3, -0.25) is 9.00 Å². The van der Waals surface area contributed by atoms with Gasteiger partial charge in [0.2, 0.25) is 5.91 Å². The van der Waals surface area contributed by atoms with Gasteiger partial charge in [0.15, 0.2) is 0 Å². The fraction of sp³-hybridized carbons (Fsp3) is 0.222. The zero-order chi connectivity index (χ0) is 11.4. The number of carbonyl (C=O) groups excluding carboxylic acids is 1. The molecule has 82 valence electrons. The average molecular weight is 230 g/mol. The van der Waals surface area contributed by atoms with Gasteiger partial charge in [-0.2, -0.15) is 0 Å². The Kier molecular flexibility index (Phi) is 3.79. The quantitative estimate of drug-likeness (QED) is 0.752. The maximum absolute atomic E-state index is 12.7. The summed E-state index contributed by atoms with van der Waals surface area (Å²) in [6.45, 7) is 0. The first-order chi connectivity index (χ1) is 6.99. The number of halogens is 1. The second kappa shape index (κ2) is 4.88. The highest BCUT2D eigenvalue weighted by atomic mass is 32.2. The van der Waals surface area contributed by atoms with Crippen LogP contribution in [0, 0.1) is 5.82 Å². The molecule has 1 rings (SSSR count). The Morgan fingerprint density at radius 1 is 1.60 bits per heavy atom. The lowest BCUT2D eigenvalue weighted by Crippen LogP contribution is -2.19. The number of hydrogen-bond acceptors (Lipinski definition) is 3. The zero-order valence-electron chi connectivity index (χ0n) is 8.12. The van der Waals surface area contributed by atoms with Crippen molar-refractivity contribution in [2.45, 2.75) is 0 Å². The number of carbonyl (C=O) groups is 1. The van der Waals surface area contributed by atoms with Gasteiger partial charge >= 0.3 is 0 Å². The summed E-state index contributed by atoms with van der Waals surface area (Å²) in [6, 6.07) is 3.66. The van der Waals surface area contributed by atoms with Crippen LogP contribution in [0.15, 0.2) is 18.2 Å². The van der Waals surface area contributed by atoms with Crippen molar-refractivity contribution in [2.75, 3.05) is 23.1 Å². The van der Waals surface area contributed by atoms with Gasteiger partial charge in [0.25, 0.3) is 0 Å². The fourth-order valence-electron chi connectivity index (χ4n) is 1.02. The highest BCUT2D eigenvalue weighted by Crippen LogP contribution is 2.18. The first kappa shape index (κ1) is 11.6. The van der Waals surface area contributed by atoms with Crippen molar-refractivity contribution >= 4 is 28.1 Å². The molecule has 1 atom stereocenters. The largest absolute Gasteiger partial charge is 0.397 e. The van der Waals surface area contributed by atoms with Crippen LogP contribution in [0.4, 0.5) is 15.8 Å². The van der Waals surface area contributed by atoms with Crippen molar-refractivity contribution in [1.82, 2.24) is 0 Å². The van der Waals surface area contributed by atoms with Crippen LogP contribution in [0.25, 0.3) is 0 Å². The van der Waals surface area contributed by atoms with Crippen molar-refractivity contribution in [3.8, 4) is 0 Å². The average Bonchev–Trinajstić information content (AvgIpc) is 2.08. The molecule has 0 radical (unpaired) electrons. The van der Waals surface area contributed by atoms with E-state index < -0.39 is 22.5 Å². The molecule has 0 aliphatic carbocycles. The molecule has 0 aromatic heterocycles. The molecule has 0 spiro atoms. The van der Waals surface area contributed by atoms with E-state index in [1.54, 1.807) is 0 Å². The monoisotopic (exact) mass is 230 g/mol. The highest BCUT2D eigenvalue weighted by molar-refractivity contribution is 7.85. The summed E-state index contributed by atoms with van der Waals surface area (Å²) in [5.41, 5.74) is 5.94. The topological polar surface area (TPSA) is 72.2 Å². The maximum Gasteiger partial charge on any atom is 0.237 e. The number of nitrogen functional groups attached to an aromatic ring is 1. The number of hydrogen-bond donors (Lipinski definition) is 2. The van der Waals surface area contributed by atoms with E-state index in [0.29, 0.717) is 5.69 Å². The summed E-state index contributed by atoms with van der Waals surface area (Å²) >= 11 is 0. The number of benzene rings is 1. The van der Waals surface area contributed by atoms with Crippen molar-refractivity contribution in [2.24, 2.45) is 0 Å². The molecule has 0 heterocycles. The molecular weight excluding hydrogens is 219 g/mol. The summed E-state index contributed by atoms with van der Waals surface area (Å²) in [5.74, 6) is -0.977. The van der Waals surface area contributed by atoms with E-state index in [1.807, 2.05) is 0 Å². The van der Waals surface area contributed by atoms with Gasteiger partial charge in [-0.1, -0.05) is 0 Å². The first-order valence-corrected chi connectivity index (χ1v) is 5.86. The van der Waals surface area contributed by atoms with Crippen LogP contribution in [0.2, 0.25) is 0 Å². The van der Waals surface area contributed by atoms with E-state index >= 15 is 0 Å². The van der Waals surface area contributed by atoms with Crippen LogP contribution < -0.4 is 11.1 Å². The number of amides is 1. The molecule has 4 nitrogen and oxygen atoms in total. The van der Waals surface area contributed by atoms with E-state index in [4.69, 9.17) is 5.73 Å². The Morgan fingerprint density at radius 3 is 2.80 bits per heavy atom. The van der Waals surface area contributed by atoms with Crippen LogP contribution in [-0.2, 0) is 15.6 Å². The molecule has 0 bridgehead atoms. The van der Waals surface area contributed by atoms with E-state index in [1.165, 1.54) is 18.4 Å². The van der Waals surface area contributed by atoms with Gasteiger partial charge in [-0.05, 0) is 18.2 Å². The molecule has 3 N–H and O–H groups in total. The molecule has 1 aromatic rings. The molecule has 0 saturated carbocycles. The molecule has 0 aliphatic heterocycles. The molecule has 6 heteroatoms. The summed E-state index contributed by atoms with van der Waals surface area (Å²) in [7, 11) is -1.21. The third kappa shape index (κ3) is 3.67. The summed E-state index contributed by atoms with van der Waals surface area (Å²) in [4.78, 5) is 11.2. The number of nitrogens with two attached hydrogens (primary N) is 1. The Hall–Kier alpha value is -1.43. The Labute approximate surface area is 89.1 Å². The van der Waals surface area contributed by atoms with E-state index in [2.05, 4.69) is 5.32 Å². The van der Waals surface area contributed by atoms with Gasteiger partial charge in [-0.25, -0.2) is 4.39 Å². The third-order valence-electron chi connectivity index (χ3n) is 1.62. The van der Waals surface area contributed by atoms with Gasteiger partial charge in [0.05, 0.1) is 11.4 Å². The summed E-state index contributed by atoms with van der Waals surface area (Å²) in [6.07, 6.45) is 1.42. The molecule has 1 aromatic carbocycles. The zero-order valence-corrected chi connectivity index (χ0v) is 8.94. The lowest BCUT2D eigenvalue weighted by atomic mass is 10.2. The molecule has 1 unspecified atom stereocenters. The lowest BCUT2D eigenvalue weighted by Gasteiger charge is -2.06. The first-order valence-electron chi connectivity index (χ1n) is 4.14. The molecular formula is C9H11FN2O2S. The van der Waals surface area contributed by atoms with Crippen LogP contribution in [0.5, 0.6) is 0 Å². The van der Waals surface area contributed by atoms with E-state index in [9.17, 15) is 13.4 Å². The Bertz CT molecular complexity index is 409. The maximum atomic E-state index is 12.7. The standard InChI is InChI=1S/C9H11FN2O2S/c1-15(14)5-9(13)12-8-3-2-6(10)4-7(8)11/h2-4H,5,11H2,1H3,(H,12,13). The second-order valence-corrected chi connectivity index (χ2v) is 4.43. The van der Waals surface area contributed by atoms with Gasteiger partial charge in [0, 0.05) is 17.1 Å². The highest BCUT2D eigenvalue weighted by Gasteiger charge is 2.07. The van der Waals surface area contributed by atoms with Crippen molar-refractivity contribution < 1.29 is 13.4 Å². The van der Waals surface area contributed by atoms with Crippen LogP contribution in [0.1, 0.15) is 0 Å². The molecule has 0 aliphatic rings. The number of anilines is 2. The minimum Gasteiger partial charge on any atom is -0.397 e. The Balaban J connectivity index is 2.72. The van der Waals surface area contributed by atoms with Gasteiger partial charge in [0.1, 0.15) is 11.6 Å². The van der Waals surface area contributed by atoms with Crippen LogP contribution in [0.3, 0.4) is 0 Å². The second-order valence-electron chi connectivity index (χ2n) is 3.00. The smallest absolute Gasteiger partial charge is 0.237 e. The van der Waals surface area contributed by atoms with Gasteiger partial charge in [-0.15, -0.1) is 0 Å². The SMILES string of the molecule is CS(=O)CC(=O)Nc1ccc(F)cc1N.